The molecule has 1 aromatic carbocycles. The second-order valence-corrected chi connectivity index (χ2v) is 8.19. The molecule has 0 unspecified atom stereocenters. The van der Waals surface area contributed by atoms with E-state index in [9.17, 15) is 9.59 Å². The fraction of sp³-hybridized carbons (Fsp3) is 0.636. The van der Waals surface area contributed by atoms with Crippen molar-refractivity contribution in [1.29, 1.82) is 0 Å². The van der Waals surface area contributed by atoms with Gasteiger partial charge in [0.25, 0.3) is 0 Å². The molecule has 1 atom stereocenters. The van der Waals surface area contributed by atoms with Crippen molar-refractivity contribution >= 4 is 11.7 Å². The van der Waals surface area contributed by atoms with Crippen LogP contribution in [0.3, 0.4) is 0 Å². The Morgan fingerprint density at radius 2 is 1.81 bits per heavy atom. The third-order valence-corrected chi connectivity index (χ3v) is 6.30. The van der Waals surface area contributed by atoms with Gasteiger partial charge in [-0.15, -0.1) is 0 Å². The monoisotopic (exact) mass is 354 g/mol. The number of amides is 1. The standard InChI is InChI=1S/C22H30N2O2/c25-21-8-5-6-18-10-9-17(14-20(18)21)15-22(26)24-13-2-1-7-19(24)16-23-11-3-4-12-23/h9-10,14,19H,1-8,11-13,15-16H2/t19-/m0/s1. The highest BCUT2D eigenvalue weighted by Crippen LogP contribution is 2.24. The minimum absolute atomic E-state index is 0.233. The predicted molar refractivity (Wildman–Crippen MR) is 102 cm³/mol. The third kappa shape index (κ3) is 3.85. The Kier molecular flexibility index (Phi) is 5.39. The minimum Gasteiger partial charge on any atom is -0.338 e. The molecule has 1 amide bonds. The summed E-state index contributed by atoms with van der Waals surface area (Å²) in [5, 5.41) is 0. The van der Waals surface area contributed by atoms with Crippen molar-refractivity contribution < 1.29 is 9.59 Å². The second kappa shape index (κ2) is 7.91. The summed E-state index contributed by atoms with van der Waals surface area (Å²) in [7, 11) is 0. The summed E-state index contributed by atoms with van der Waals surface area (Å²) in [6.07, 6.45) is 9.08. The number of Topliss-reactive ketones (excluding diaryl/α,β-unsaturated/α-hetero) is 1. The van der Waals surface area contributed by atoms with Crippen molar-refractivity contribution in [1.82, 2.24) is 9.80 Å². The molecule has 26 heavy (non-hydrogen) atoms. The number of aryl methyl sites for hydroxylation is 1. The fourth-order valence-corrected chi connectivity index (χ4v) is 4.84. The summed E-state index contributed by atoms with van der Waals surface area (Å²) in [6.45, 7) is 4.30. The Labute approximate surface area is 156 Å². The topological polar surface area (TPSA) is 40.6 Å². The van der Waals surface area contributed by atoms with Crippen LogP contribution in [0.25, 0.3) is 0 Å². The van der Waals surface area contributed by atoms with Gasteiger partial charge in [0.15, 0.2) is 5.78 Å². The van der Waals surface area contributed by atoms with Crippen LogP contribution >= 0.6 is 0 Å². The summed E-state index contributed by atoms with van der Waals surface area (Å²) in [5.41, 5.74) is 3.01. The minimum atomic E-state index is 0.233. The summed E-state index contributed by atoms with van der Waals surface area (Å²) >= 11 is 0. The highest BCUT2D eigenvalue weighted by molar-refractivity contribution is 5.98. The highest BCUT2D eigenvalue weighted by atomic mass is 16.2. The average Bonchev–Trinajstić information content (AvgIpc) is 3.16. The number of ketones is 1. The zero-order valence-corrected chi connectivity index (χ0v) is 15.7. The molecule has 0 aromatic heterocycles. The van der Waals surface area contributed by atoms with E-state index in [2.05, 4.69) is 21.9 Å². The first-order valence-electron chi connectivity index (χ1n) is 10.4. The molecule has 4 rings (SSSR count). The maximum absolute atomic E-state index is 13.0. The summed E-state index contributed by atoms with van der Waals surface area (Å²) < 4.78 is 0. The maximum atomic E-state index is 13.0. The van der Waals surface area contributed by atoms with Crippen LogP contribution < -0.4 is 0 Å². The van der Waals surface area contributed by atoms with Gasteiger partial charge in [0.05, 0.1) is 6.42 Å². The van der Waals surface area contributed by atoms with Gasteiger partial charge in [-0.25, -0.2) is 0 Å². The Hall–Kier alpha value is -1.68. The van der Waals surface area contributed by atoms with E-state index in [1.807, 2.05) is 6.07 Å². The number of hydrogen-bond acceptors (Lipinski definition) is 3. The average molecular weight is 354 g/mol. The fourth-order valence-electron chi connectivity index (χ4n) is 4.84. The molecule has 0 radical (unpaired) electrons. The van der Waals surface area contributed by atoms with E-state index >= 15 is 0 Å². The molecule has 1 aliphatic carbocycles. The number of rotatable bonds is 4. The van der Waals surface area contributed by atoms with Crippen molar-refractivity contribution in [2.75, 3.05) is 26.2 Å². The summed E-state index contributed by atoms with van der Waals surface area (Å²) in [4.78, 5) is 29.8. The zero-order chi connectivity index (χ0) is 17.9. The van der Waals surface area contributed by atoms with E-state index in [-0.39, 0.29) is 11.7 Å². The number of benzene rings is 1. The summed E-state index contributed by atoms with van der Waals surface area (Å²) in [5.74, 6) is 0.475. The largest absolute Gasteiger partial charge is 0.338 e. The lowest BCUT2D eigenvalue weighted by atomic mass is 9.89. The molecule has 4 nitrogen and oxygen atoms in total. The van der Waals surface area contributed by atoms with Crippen LogP contribution in [0.1, 0.15) is 66.4 Å². The first kappa shape index (κ1) is 17.7. The quantitative estimate of drug-likeness (QED) is 0.833. The van der Waals surface area contributed by atoms with Crippen molar-refractivity contribution in [2.24, 2.45) is 0 Å². The van der Waals surface area contributed by atoms with Gasteiger partial charge in [0, 0.05) is 31.1 Å². The van der Waals surface area contributed by atoms with Crippen LogP contribution in [0.15, 0.2) is 18.2 Å². The van der Waals surface area contributed by atoms with E-state index in [4.69, 9.17) is 0 Å². The zero-order valence-electron chi connectivity index (χ0n) is 15.7. The normalized spacial score (nSPS) is 23.9. The van der Waals surface area contributed by atoms with Gasteiger partial charge in [-0.2, -0.15) is 0 Å². The molecule has 0 bridgehead atoms. The van der Waals surface area contributed by atoms with Crippen LogP contribution in [0.5, 0.6) is 0 Å². The lowest BCUT2D eigenvalue weighted by molar-refractivity contribution is -0.134. The van der Waals surface area contributed by atoms with Gasteiger partial charge in [-0.1, -0.05) is 12.1 Å². The molecule has 3 aliphatic rings. The van der Waals surface area contributed by atoms with Crippen LogP contribution in [-0.2, 0) is 17.6 Å². The van der Waals surface area contributed by atoms with E-state index in [0.717, 1.165) is 55.5 Å². The molecule has 2 heterocycles. The molecule has 140 valence electrons. The Balaban J connectivity index is 1.44. The van der Waals surface area contributed by atoms with Crippen molar-refractivity contribution in [3.8, 4) is 0 Å². The number of fused-ring (bicyclic) bond motifs is 1. The van der Waals surface area contributed by atoms with Crippen molar-refractivity contribution in [2.45, 2.75) is 63.8 Å². The smallest absolute Gasteiger partial charge is 0.227 e. The lowest BCUT2D eigenvalue weighted by Crippen LogP contribution is -2.49. The van der Waals surface area contributed by atoms with Crippen LogP contribution in [0, 0.1) is 0 Å². The highest BCUT2D eigenvalue weighted by Gasteiger charge is 2.29. The first-order valence-corrected chi connectivity index (χ1v) is 10.4. The number of piperidine rings is 1. The van der Waals surface area contributed by atoms with E-state index in [1.54, 1.807) is 0 Å². The summed E-state index contributed by atoms with van der Waals surface area (Å²) in [6, 6.07) is 6.46. The van der Waals surface area contributed by atoms with E-state index < -0.39 is 0 Å². The molecule has 0 spiro atoms. The molecule has 1 aromatic rings. The molecule has 2 aliphatic heterocycles. The SMILES string of the molecule is O=C1CCCc2ccc(CC(=O)N3CCCC[C@H]3CN3CCCC3)cc21. The van der Waals surface area contributed by atoms with Crippen molar-refractivity contribution in [3.05, 3.63) is 34.9 Å². The number of hydrogen-bond donors (Lipinski definition) is 0. The molecular weight excluding hydrogens is 324 g/mol. The number of likely N-dealkylation sites (tertiary alicyclic amines) is 2. The molecule has 2 fully saturated rings. The van der Waals surface area contributed by atoms with Crippen molar-refractivity contribution in [3.63, 3.8) is 0 Å². The molecule has 0 saturated carbocycles. The molecule has 0 N–H and O–H groups in total. The van der Waals surface area contributed by atoms with Gasteiger partial charge in [0.2, 0.25) is 5.91 Å². The Morgan fingerprint density at radius 3 is 2.65 bits per heavy atom. The predicted octanol–water partition coefficient (Wildman–Crippen LogP) is 3.23. The Bertz CT molecular complexity index is 679. The van der Waals surface area contributed by atoms with Gasteiger partial charge in [-0.05, 0) is 75.2 Å². The van der Waals surface area contributed by atoms with E-state index in [1.165, 1.54) is 32.4 Å². The lowest BCUT2D eigenvalue weighted by Gasteiger charge is -2.38. The second-order valence-electron chi connectivity index (χ2n) is 8.19. The number of nitrogens with zero attached hydrogens (tertiary/aromatic N) is 2. The Morgan fingerprint density at radius 1 is 1.00 bits per heavy atom. The van der Waals surface area contributed by atoms with Crippen LogP contribution in [0.2, 0.25) is 0 Å². The number of carbonyl (C=O) groups excluding carboxylic acids is 2. The number of carbonyl (C=O) groups is 2. The van der Waals surface area contributed by atoms with Gasteiger partial charge >= 0.3 is 0 Å². The molecule has 4 heteroatoms. The van der Waals surface area contributed by atoms with Gasteiger partial charge in [0.1, 0.15) is 0 Å². The third-order valence-electron chi connectivity index (χ3n) is 6.30. The first-order chi connectivity index (χ1) is 12.7. The van der Waals surface area contributed by atoms with Crippen LogP contribution in [-0.4, -0.2) is 53.7 Å². The van der Waals surface area contributed by atoms with Gasteiger partial charge in [-0.3, -0.25) is 9.59 Å². The maximum Gasteiger partial charge on any atom is 0.227 e. The molecule has 2 saturated heterocycles. The van der Waals surface area contributed by atoms with Gasteiger partial charge < -0.3 is 9.80 Å². The van der Waals surface area contributed by atoms with Crippen LogP contribution in [0.4, 0.5) is 0 Å². The molecular formula is C22H30N2O2. The van der Waals surface area contributed by atoms with E-state index in [0.29, 0.717) is 18.9 Å².